The minimum Gasteiger partial charge on any atom is -0.542 e. The molecule has 13 heavy (non-hydrogen) atoms. The third-order valence-corrected chi connectivity index (χ3v) is 2.77. The predicted octanol–water partition coefficient (Wildman–Crippen LogP) is 3.80. The van der Waals surface area contributed by atoms with Crippen molar-refractivity contribution in [1.29, 1.82) is 0 Å². The number of hydrogen-bond acceptors (Lipinski definition) is 1. The number of halogens is 2. The smallest absolute Gasteiger partial charge is 0.242 e. The summed E-state index contributed by atoms with van der Waals surface area (Å²) in [7, 11) is -1.73. The lowest BCUT2D eigenvalue weighted by Gasteiger charge is -2.20. The maximum absolute atomic E-state index is 13.2. The van der Waals surface area contributed by atoms with Crippen LogP contribution in [-0.2, 0) is 0 Å². The lowest BCUT2D eigenvalue weighted by atomic mass is 10.3. The number of benzene rings is 1. The fraction of sp³-hybridized carbons (Fsp3) is 0.333. The fourth-order valence-electron chi connectivity index (χ4n) is 0.886. The van der Waals surface area contributed by atoms with Gasteiger partial charge in [0.05, 0.1) is 4.47 Å². The molecular weight excluding hydrogens is 251 g/mol. The molecule has 0 amide bonds. The minimum absolute atomic E-state index is 0.309. The van der Waals surface area contributed by atoms with Gasteiger partial charge < -0.3 is 4.43 Å². The van der Waals surface area contributed by atoms with Crippen molar-refractivity contribution in [2.75, 3.05) is 0 Å². The first-order chi connectivity index (χ1) is 5.90. The van der Waals surface area contributed by atoms with Crippen molar-refractivity contribution in [3.8, 4) is 5.75 Å². The zero-order valence-electron chi connectivity index (χ0n) is 7.90. The molecular formula is C9H12BrFOSi. The van der Waals surface area contributed by atoms with Gasteiger partial charge in [0.15, 0.2) is 11.6 Å². The molecule has 4 heteroatoms. The van der Waals surface area contributed by atoms with Gasteiger partial charge in [-0.15, -0.1) is 0 Å². The minimum atomic E-state index is -1.73. The Labute approximate surface area is 87.2 Å². The summed E-state index contributed by atoms with van der Waals surface area (Å²) in [5, 5.41) is 0. The van der Waals surface area contributed by atoms with E-state index in [0.29, 0.717) is 10.2 Å². The third-order valence-electron chi connectivity index (χ3n) is 1.33. The van der Waals surface area contributed by atoms with Crippen molar-refractivity contribution in [2.24, 2.45) is 0 Å². The Morgan fingerprint density at radius 2 is 1.92 bits per heavy atom. The zero-order valence-corrected chi connectivity index (χ0v) is 10.5. The van der Waals surface area contributed by atoms with Gasteiger partial charge >= 0.3 is 0 Å². The molecule has 0 heterocycles. The van der Waals surface area contributed by atoms with Crippen LogP contribution in [0.5, 0.6) is 5.75 Å². The summed E-state index contributed by atoms with van der Waals surface area (Å²) in [4.78, 5) is 0. The Bertz CT molecular complexity index is 289. The molecule has 0 saturated heterocycles. The first-order valence-corrected chi connectivity index (χ1v) is 8.23. The van der Waals surface area contributed by atoms with Gasteiger partial charge in [-0.05, 0) is 47.7 Å². The summed E-state index contributed by atoms with van der Waals surface area (Å²) < 4.78 is 19.5. The second-order valence-corrected chi connectivity index (χ2v) is 9.05. The number of rotatable bonds is 2. The second kappa shape index (κ2) is 3.80. The molecule has 0 fully saturated rings. The van der Waals surface area contributed by atoms with E-state index in [1.165, 1.54) is 6.07 Å². The maximum atomic E-state index is 13.2. The van der Waals surface area contributed by atoms with Gasteiger partial charge in [-0.3, -0.25) is 0 Å². The van der Waals surface area contributed by atoms with E-state index in [9.17, 15) is 4.39 Å². The van der Waals surface area contributed by atoms with Crippen LogP contribution in [0.25, 0.3) is 0 Å². The summed E-state index contributed by atoms with van der Waals surface area (Å²) in [5.74, 6) is 0.0264. The topological polar surface area (TPSA) is 9.23 Å². The molecule has 72 valence electrons. The van der Waals surface area contributed by atoms with E-state index in [1.807, 2.05) is 19.6 Å². The van der Waals surface area contributed by atoms with Crippen molar-refractivity contribution in [1.82, 2.24) is 0 Å². The van der Waals surface area contributed by atoms with Crippen LogP contribution in [0.2, 0.25) is 19.6 Å². The van der Waals surface area contributed by atoms with Gasteiger partial charge in [-0.25, -0.2) is 4.39 Å². The van der Waals surface area contributed by atoms with Crippen molar-refractivity contribution in [3.05, 3.63) is 28.5 Å². The molecule has 1 rings (SSSR count). The van der Waals surface area contributed by atoms with E-state index in [-0.39, 0.29) is 5.82 Å². The first kappa shape index (κ1) is 10.7. The van der Waals surface area contributed by atoms with E-state index in [2.05, 4.69) is 15.9 Å². The van der Waals surface area contributed by atoms with E-state index in [0.717, 1.165) is 0 Å². The van der Waals surface area contributed by atoms with Crippen LogP contribution in [0, 0.1) is 5.82 Å². The molecule has 0 bridgehead atoms. The highest BCUT2D eigenvalue weighted by Gasteiger charge is 2.19. The normalized spacial score (nSPS) is 11.5. The Kier molecular flexibility index (Phi) is 3.13. The molecule has 1 nitrogen and oxygen atoms in total. The zero-order chi connectivity index (χ0) is 10.1. The maximum Gasteiger partial charge on any atom is 0.242 e. The number of para-hydroxylation sites is 1. The lowest BCUT2D eigenvalue weighted by molar-refractivity contribution is 0.492. The Hall–Kier alpha value is -0.353. The highest BCUT2D eigenvalue weighted by Crippen LogP contribution is 2.29. The molecule has 0 N–H and O–H groups in total. The molecule has 1 aromatic rings. The SMILES string of the molecule is C[Si](C)(C)Oc1c(F)cccc1Br. The van der Waals surface area contributed by atoms with Crippen LogP contribution in [0.15, 0.2) is 22.7 Å². The molecule has 0 saturated carbocycles. The second-order valence-electron chi connectivity index (χ2n) is 3.77. The van der Waals surface area contributed by atoms with Gasteiger partial charge in [0.25, 0.3) is 0 Å². The van der Waals surface area contributed by atoms with E-state index in [4.69, 9.17) is 4.43 Å². The third kappa shape index (κ3) is 3.12. The van der Waals surface area contributed by atoms with Gasteiger partial charge in [0, 0.05) is 0 Å². The molecule has 0 spiro atoms. The molecule has 0 aromatic heterocycles. The quantitative estimate of drug-likeness (QED) is 0.737. The van der Waals surface area contributed by atoms with Gasteiger partial charge in [-0.1, -0.05) is 6.07 Å². The van der Waals surface area contributed by atoms with Crippen LogP contribution >= 0.6 is 15.9 Å². The van der Waals surface area contributed by atoms with Crippen molar-refractivity contribution in [3.63, 3.8) is 0 Å². The van der Waals surface area contributed by atoms with Crippen molar-refractivity contribution >= 4 is 24.2 Å². The predicted molar refractivity (Wildman–Crippen MR) is 58.1 cm³/mol. The fourth-order valence-corrected chi connectivity index (χ4v) is 2.28. The van der Waals surface area contributed by atoms with Crippen LogP contribution in [0.1, 0.15) is 0 Å². The summed E-state index contributed by atoms with van der Waals surface area (Å²) in [6.07, 6.45) is 0. The molecule has 0 unspecified atom stereocenters. The molecule has 0 radical (unpaired) electrons. The van der Waals surface area contributed by atoms with Gasteiger partial charge in [0.1, 0.15) is 0 Å². The monoisotopic (exact) mass is 262 g/mol. The first-order valence-electron chi connectivity index (χ1n) is 4.03. The molecule has 0 aliphatic heterocycles. The summed E-state index contributed by atoms with van der Waals surface area (Å²) in [5.41, 5.74) is 0. The highest BCUT2D eigenvalue weighted by atomic mass is 79.9. The van der Waals surface area contributed by atoms with Crippen LogP contribution in [-0.4, -0.2) is 8.32 Å². The molecule has 1 aromatic carbocycles. The van der Waals surface area contributed by atoms with Crippen molar-refractivity contribution < 1.29 is 8.82 Å². The largest absolute Gasteiger partial charge is 0.542 e. The van der Waals surface area contributed by atoms with Gasteiger partial charge in [0.2, 0.25) is 8.32 Å². The summed E-state index contributed by atoms with van der Waals surface area (Å²) in [6, 6.07) is 4.83. The highest BCUT2D eigenvalue weighted by molar-refractivity contribution is 9.10. The van der Waals surface area contributed by atoms with Crippen molar-refractivity contribution in [2.45, 2.75) is 19.6 Å². The molecule has 0 aliphatic rings. The van der Waals surface area contributed by atoms with Gasteiger partial charge in [-0.2, -0.15) is 0 Å². The van der Waals surface area contributed by atoms with E-state index >= 15 is 0 Å². The Morgan fingerprint density at radius 3 is 2.38 bits per heavy atom. The van der Waals surface area contributed by atoms with E-state index < -0.39 is 8.32 Å². The Morgan fingerprint density at radius 1 is 1.31 bits per heavy atom. The molecule has 0 atom stereocenters. The van der Waals surface area contributed by atoms with Crippen LogP contribution < -0.4 is 4.43 Å². The van der Waals surface area contributed by atoms with E-state index in [1.54, 1.807) is 12.1 Å². The molecule has 0 aliphatic carbocycles. The lowest BCUT2D eigenvalue weighted by Crippen LogP contribution is -2.29. The standard InChI is InChI=1S/C9H12BrFOSi/c1-13(2,3)12-9-7(10)5-4-6-8(9)11/h4-6H,1-3H3. The summed E-state index contributed by atoms with van der Waals surface area (Å²) >= 11 is 3.26. The average Bonchev–Trinajstić information content (AvgIpc) is 1.95. The Balaban J connectivity index is 3.00. The number of hydrogen-bond donors (Lipinski definition) is 0. The van der Waals surface area contributed by atoms with Crippen LogP contribution in [0.4, 0.5) is 4.39 Å². The summed E-state index contributed by atoms with van der Waals surface area (Å²) in [6.45, 7) is 6.06. The van der Waals surface area contributed by atoms with Crippen LogP contribution in [0.3, 0.4) is 0 Å². The average molecular weight is 263 g/mol.